The zero-order chi connectivity index (χ0) is 25.4. The van der Waals surface area contributed by atoms with E-state index >= 15 is 0 Å². The first-order valence-electron chi connectivity index (χ1n) is 10.6. The highest BCUT2D eigenvalue weighted by Gasteiger charge is 2.20. The van der Waals surface area contributed by atoms with Gasteiger partial charge in [-0.05, 0) is 53.6 Å². The molecule has 0 saturated heterocycles. The quantitative estimate of drug-likeness (QED) is 0.204. The van der Waals surface area contributed by atoms with Crippen molar-refractivity contribution in [1.29, 1.82) is 0 Å². The number of anilines is 1. The molecular weight excluding hydrogens is 450 g/mol. The van der Waals surface area contributed by atoms with E-state index in [0.29, 0.717) is 45.4 Å². The zero-order valence-corrected chi connectivity index (χ0v) is 20.2. The lowest BCUT2D eigenvalue weighted by atomic mass is 10.00. The highest BCUT2D eigenvalue weighted by Crippen LogP contribution is 2.40. The second-order valence-electron chi connectivity index (χ2n) is 7.30. The molecule has 0 atom stereocenters. The molecule has 0 saturated carbocycles. The molecule has 3 aromatic rings. The zero-order valence-electron chi connectivity index (χ0n) is 20.2. The van der Waals surface area contributed by atoms with Crippen LogP contribution in [0.3, 0.4) is 0 Å². The van der Waals surface area contributed by atoms with Gasteiger partial charge in [0, 0.05) is 18.2 Å². The predicted molar refractivity (Wildman–Crippen MR) is 133 cm³/mol. The summed E-state index contributed by atoms with van der Waals surface area (Å²) < 4.78 is 26.9. The van der Waals surface area contributed by atoms with Crippen LogP contribution >= 0.6 is 0 Å². The van der Waals surface area contributed by atoms with Crippen LogP contribution < -0.4 is 29.0 Å². The van der Waals surface area contributed by atoms with Crippen molar-refractivity contribution in [2.45, 2.75) is 6.92 Å². The number of carbonyl (C=O) groups excluding carboxylic acids is 2. The van der Waals surface area contributed by atoms with Crippen LogP contribution in [0.5, 0.6) is 28.7 Å². The first-order chi connectivity index (χ1) is 16.9. The van der Waals surface area contributed by atoms with E-state index in [0.717, 1.165) is 0 Å². The number of amides is 1. The van der Waals surface area contributed by atoms with Gasteiger partial charge in [-0.1, -0.05) is 24.3 Å². The van der Waals surface area contributed by atoms with Gasteiger partial charge in [0.05, 0.1) is 28.4 Å². The molecule has 0 aliphatic heterocycles. The van der Waals surface area contributed by atoms with E-state index in [-0.39, 0.29) is 11.7 Å². The summed E-state index contributed by atoms with van der Waals surface area (Å²) in [6.45, 7) is 1.30. The first-order valence-corrected chi connectivity index (χ1v) is 10.6. The summed E-state index contributed by atoms with van der Waals surface area (Å²) in [5.41, 5.74) is 2.07. The second-order valence-corrected chi connectivity index (χ2v) is 7.30. The molecule has 0 heterocycles. The van der Waals surface area contributed by atoms with Gasteiger partial charge in [0.15, 0.2) is 23.0 Å². The SMILES string of the molecule is COc1ccc(/C=C(/C(=O)Nc2ccccc2)c2cc(OC)c(OC)c(OC)c2)cc1OC(C)=O. The molecule has 3 rings (SSSR count). The summed E-state index contributed by atoms with van der Waals surface area (Å²) >= 11 is 0. The maximum absolute atomic E-state index is 13.5. The van der Waals surface area contributed by atoms with Crippen molar-refractivity contribution in [3.8, 4) is 28.7 Å². The maximum Gasteiger partial charge on any atom is 0.308 e. The number of methoxy groups -OCH3 is 4. The summed E-state index contributed by atoms with van der Waals surface area (Å²) in [5, 5.41) is 2.90. The standard InChI is InChI=1S/C27H27NO7/c1-17(29)35-23-14-18(11-12-22(23)31-2)13-21(27(30)28-20-9-7-6-8-10-20)19-15-24(32-3)26(34-5)25(16-19)33-4/h6-16H,1-5H3,(H,28,30)/b21-13+. The molecule has 1 amide bonds. The third-order valence-corrected chi connectivity index (χ3v) is 5.00. The average Bonchev–Trinajstić information content (AvgIpc) is 2.86. The molecule has 0 unspecified atom stereocenters. The third-order valence-electron chi connectivity index (χ3n) is 5.00. The van der Waals surface area contributed by atoms with E-state index in [1.54, 1.807) is 48.5 Å². The lowest BCUT2D eigenvalue weighted by Crippen LogP contribution is -2.14. The Hall–Kier alpha value is -4.46. The Morgan fingerprint density at radius 3 is 1.91 bits per heavy atom. The van der Waals surface area contributed by atoms with E-state index in [2.05, 4.69) is 5.32 Å². The number of benzene rings is 3. The Morgan fingerprint density at radius 2 is 1.37 bits per heavy atom. The summed E-state index contributed by atoms with van der Waals surface area (Å²) in [7, 11) is 5.99. The van der Waals surface area contributed by atoms with Gasteiger partial charge in [-0.25, -0.2) is 0 Å². The number of ether oxygens (including phenoxy) is 5. The van der Waals surface area contributed by atoms with Gasteiger partial charge in [0.25, 0.3) is 5.91 Å². The van der Waals surface area contributed by atoms with Crippen LogP contribution in [0.15, 0.2) is 60.7 Å². The molecule has 182 valence electrons. The molecule has 3 aromatic carbocycles. The van der Waals surface area contributed by atoms with Crippen LogP contribution in [0.1, 0.15) is 18.1 Å². The molecule has 1 N–H and O–H groups in total. The summed E-state index contributed by atoms with van der Waals surface area (Å²) in [6.07, 6.45) is 1.67. The number of nitrogens with one attached hydrogen (secondary N) is 1. The van der Waals surface area contributed by atoms with Crippen molar-refractivity contribution in [2.75, 3.05) is 33.8 Å². The minimum absolute atomic E-state index is 0.237. The predicted octanol–water partition coefficient (Wildman–Crippen LogP) is 4.83. The normalized spacial score (nSPS) is 10.8. The van der Waals surface area contributed by atoms with Gasteiger partial charge >= 0.3 is 5.97 Å². The lowest BCUT2D eigenvalue weighted by molar-refractivity contribution is -0.132. The number of carbonyl (C=O) groups is 2. The Kier molecular flexibility index (Phi) is 8.34. The maximum atomic E-state index is 13.5. The van der Waals surface area contributed by atoms with E-state index in [1.165, 1.54) is 35.4 Å². The van der Waals surface area contributed by atoms with E-state index < -0.39 is 5.97 Å². The fraction of sp³-hybridized carbons (Fsp3) is 0.185. The molecule has 0 spiro atoms. The Balaban J connectivity index is 2.17. The molecule has 35 heavy (non-hydrogen) atoms. The largest absolute Gasteiger partial charge is 0.493 e. The molecule has 0 aliphatic rings. The van der Waals surface area contributed by atoms with E-state index in [1.807, 2.05) is 18.2 Å². The molecular formula is C27H27NO7. The smallest absolute Gasteiger partial charge is 0.308 e. The molecule has 0 radical (unpaired) electrons. The van der Waals surface area contributed by atoms with Crippen molar-refractivity contribution in [1.82, 2.24) is 0 Å². The van der Waals surface area contributed by atoms with Crippen LogP contribution in [0.2, 0.25) is 0 Å². The Labute approximate surface area is 204 Å². The van der Waals surface area contributed by atoms with Crippen LogP contribution in [0.25, 0.3) is 11.6 Å². The molecule has 0 aliphatic carbocycles. The molecule has 0 bridgehead atoms. The van der Waals surface area contributed by atoms with Crippen molar-refractivity contribution < 1.29 is 33.3 Å². The first kappa shape index (κ1) is 25.2. The topological polar surface area (TPSA) is 92.3 Å². The van der Waals surface area contributed by atoms with Crippen LogP contribution in [0.4, 0.5) is 5.69 Å². The molecule has 0 fully saturated rings. The molecule has 8 nitrogen and oxygen atoms in total. The summed E-state index contributed by atoms with van der Waals surface area (Å²) in [4.78, 5) is 25.0. The van der Waals surface area contributed by atoms with Crippen LogP contribution in [0, 0.1) is 0 Å². The van der Waals surface area contributed by atoms with Gasteiger partial charge in [-0.3, -0.25) is 9.59 Å². The van der Waals surface area contributed by atoms with Crippen molar-refractivity contribution in [3.63, 3.8) is 0 Å². The third kappa shape index (κ3) is 6.11. The second kappa shape index (κ2) is 11.6. The molecule has 8 heteroatoms. The number of hydrogen-bond donors (Lipinski definition) is 1. The van der Waals surface area contributed by atoms with Gasteiger partial charge in [0.2, 0.25) is 5.75 Å². The highest BCUT2D eigenvalue weighted by atomic mass is 16.6. The number of rotatable bonds is 9. The fourth-order valence-electron chi connectivity index (χ4n) is 3.42. The number of para-hydroxylation sites is 1. The molecule has 0 aromatic heterocycles. The van der Waals surface area contributed by atoms with Crippen LogP contribution in [-0.4, -0.2) is 40.3 Å². The van der Waals surface area contributed by atoms with Crippen molar-refractivity contribution in [3.05, 3.63) is 71.8 Å². The van der Waals surface area contributed by atoms with Crippen molar-refractivity contribution in [2.24, 2.45) is 0 Å². The van der Waals surface area contributed by atoms with Gasteiger partial charge in [-0.2, -0.15) is 0 Å². The van der Waals surface area contributed by atoms with Gasteiger partial charge in [-0.15, -0.1) is 0 Å². The average molecular weight is 478 g/mol. The minimum atomic E-state index is -0.490. The fourth-order valence-corrected chi connectivity index (χ4v) is 3.42. The van der Waals surface area contributed by atoms with E-state index in [9.17, 15) is 9.59 Å². The summed E-state index contributed by atoms with van der Waals surface area (Å²) in [6, 6.07) is 17.5. The number of esters is 1. The Bertz CT molecular complexity index is 1210. The van der Waals surface area contributed by atoms with E-state index in [4.69, 9.17) is 23.7 Å². The monoisotopic (exact) mass is 477 g/mol. The lowest BCUT2D eigenvalue weighted by Gasteiger charge is -2.16. The van der Waals surface area contributed by atoms with Gasteiger partial charge in [0.1, 0.15) is 0 Å². The van der Waals surface area contributed by atoms with Crippen molar-refractivity contribution >= 4 is 29.2 Å². The Morgan fingerprint density at radius 1 is 0.743 bits per heavy atom. The highest BCUT2D eigenvalue weighted by molar-refractivity contribution is 6.29. The van der Waals surface area contributed by atoms with Crippen LogP contribution in [-0.2, 0) is 9.59 Å². The summed E-state index contributed by atoms with van der Waals surface area (Å²) in [5.74, 6) is 0.975. The van der Waals surface area contributed by atoms with Gasteiger partial charge < -0.3 is 29.0 Å². The number of hydrogen-bond acceptors (Lipinski definition) is 7. The minimum Gasteiger partial charge on any atom is -0.493 e.